The van der Waals surface area contributed by atoms with Gasteiger partial charge in [0, 0.05) is 6.20 Å². The van der Waals surface area contributed by atoms with Crippen LogP contribution in [-0.4, -0.2) is 18.4 Å². The zero-order chi connectivity index (χ0) is 17.9. The van der Waals surface area contributed by atoms with Crippen LogP contribution in [0, 0.1) is 0 Å². The van der Waals surface area contributed by atoms with E-state index in [2.05, 4.69) is 4.98 Å². The number of anilines is 1. The number of nitrogens with one attached hydrogen (secondary N) is 2. The van der Waals surface area contributed by atoms with Gasteiger partial charge in [-0.05, 0) is 17.7 Å². The van der Waals surface area contributed by atoms with Crippen molar-refractivity contribution in [2.45, 2.75) is 11.4 Å². The van der Waals surface area contributed by atoms with Crippen LogP contribution in [0.3, 0.4) is 0 Å². The van der Waals surface area contributed by atoms with Gasteiger partial charge in [-0.15, -0.1) is 0 Å². The maximum atomic E-state index is 13.1. The first kappa shape index (κ1) is 16.7. The van der Waals surface area contributed by atoms with Gasteiger partial charge in [-0.1, -0.05) is 48.5 Å². The van der Waals surface area contributed by atoms with E-state index < -0.39 is 26.2 Å². The van der Waals surface area contributed by atoms with Gasteiger partial charge in [0.2, 0.25) is 0 Å². The van der Waals surface area contributed by atoms with Crippen LogP contribution < -0.4 is 15.6 Å². The second-order valence-corrected chi connectivity index (χ2v) is 7.10. The van der Waals surface area contributed by atoms with Crippen molar-refractivity contribution in [3.8, 4) is 0 Å². The van der Waals surface area contributed by atoms with Crippen LogP contribution in [0.4, 0.5) is 5.69 Å². The topological polar surface area (TPSA) is 103 Å². The van der Waals surface area contributed by atoms with Crippen molar-refractivity contribution in [2.24, 2.45) is 0 Å². The summed E-state index contributed by atoms with van der Waals surface area (Å²) >= 11 is 0. The molecule has 1 aromatic heterocycles. The summed E-state index contributed by atoms with van der Waals surface area (Å²) in [7, 11) is -4.18. The number of benzene rings is 2. The molecule has 8 heteroatoms. The summed E-state index contributed by atoms with van der Waals surface area (Å²) < 4.78 is 27.2. The number of hydrogen-bond donors (Lipinski definition) is 2. The summed E-state index contributed by atoms with van der Waals surface area (Å²) in [6.07, 6.45) is 0.914. The third-order valence-electron chi connectivity index (χ3n) is 3.57. The molecule has 0 aliphatic rings. The molecule has 3 rings (SSSR count). The molecule has 0 unspecified atom stereocenters. The van der Waals surface area contributed by atoms with Gasteiger partial charge in [-0.2, -0.15) is 0 Å². The lowest BCUT2D eigenvalue weighted by molar-refractivity contribution is 0.588. The Bertz CT molecular complexity index is 1070. The molecule has 3 aromatic rings. The summed E-state index contributed by atoms with van der Waals surface area (Å²) in [6, 6.07) is 17.5. The van der Waals surface area contributed by atoms with Crippen LogP contribution in [-0.2, 0) is 16.6 Å². The Hall–Kier alpha value is -3.13. The molecule has 0 amide bonds. The Morgan fingerprint density at radius 2 is 1.48 bits per heavy atom. The first-order valence-electron chi connectivity index (χ1n) is 7.42. The van der Waals surface area contributed by atoms with Crippen LogP contribution in [0.1, 0.15) is 5.56 Å². The van der Waals surface area contributed by atoms with Crippen molar-refractivity contribution in [1.82, 2.24) is 9.97 Å². The molecule has 0 saturated carbocycles. The molecule has 0 bridgehead atoms. The fraction of sp³-hybridized carbons (Fsp3) is 0.0588. The lowest BCUT2D eigenvalue weighted by Gasteiger charge is -2.24. The monoisotopic (exact) mass is 357 g/mol. The highest BCUT2D eigenvalue weighted by Crippen LogP contribution is 2.23. The predicted molar refractivity (Wildman–Crippen MR) is 93.9 cm³/mol. The number of aromatic amines is 2. The van der Waals surface area contributed by atoms with E-state index in [4.69, 9.17) is 0 Å². The quantitative estimate of drug-likeness (QED) is 0.721. The molecular formula is C17H15N3O4S. The third-order valence-corrected chi connectivity index (χ3v) is 5.35. The second-order valence-electron chi connectivity index (χ2n) is 5.27. The molecule has 0 radical (unpaired) electrons. The summed E-state index contributed by atoms with van der Waals surface area (Å²) in [5.74, 6) is 0. The van der Waals surface area contributed by atoms with Crippen molar-refractivity contribution in [3.05, 3.63) is 93.3 Å². The minimum atomic E-state index is -4.18. The van der Waals surface area contributed by atoms with Gasteiger partial charge >= 0.3 is 5.69 Å². The Labute approximate surface area is 143 Å². The van der Waals surface area contributed by atoms with Crippen molar-refractivity contribution in [3.63, 3.8) is 0 Å². The van der Waals surface area contributed by atoms with Gasteiger partial charge in [-0.25, -0.2) is 13.2 Å². The van der Waals surface area contributed by atoms with E-state index >= 15 is 0 Å². The molecule has 0 aliphatic carbocycles. The smallest absolute Gasteiger partial charge is 0.313 e. The summed E-state index contributed by atoms with van der Waals surface area (Å²) in [6.45, 7) is 0.0474. The van der Waals surface area contributed by atoms with E-state index in [0.717, 1.165) is 16.1 Å². The molecule has 0 saturated heterocycles. The maximum Gasteiger partial charge on any atom is 0.325 e. The van der Waals surface area contributed by atoms with Gasteiger partial charge in [0.1, 0.15) is 0 Å². The standard InChI is InChI=1S/C17H15N3O4S/c21-16-15(11-18-17(22)19-16)25(23,24)20(14-9-5-2-6-10-14)12-13-7-3-1-4-8-13/h1-11H,12H2,(H2,18,19,21,22). The van der Waals surface area contributed by atoms with E-state index in [0.29, 0.717) is 5.69 Å². The normalized spacial score (nSPS) is 11.2. The SMILES string of the molecule is O=c1[nH]cc(S(=O)(=O)N(Cc2ccccc2)c2ccccc2)c(=O)[nH]1. The number of H-pyrrole nitrogens is 2. The van der Waals surface area contributed by atoms with Gasteiger partial charge in [-0.3, -0.25) is 14.1 Å². The first-order valence-corrected chi connectivity index (χ1v) is 8.86. The number of para-hydroxylation sites is 1. The predicted octanol–water partition coefficient (Wildman–Crippen LogP) is 1.46. The highest BCUT2D eigenvalue weighted by molar-refractivity contribution is 7.92. The van der Waals surface area contributed by atoms with Crippen LogP contribution in [0.5, 0.6) is 0 Å². The molecule has 0 atom stereocenters. The van der Waals surface area contributed by atoms with Crippen molar-refractivity contribution >= 4 is 15.7 Å². The summed E-state index contributed by atoms with van der Waals surface area (Å²) in [4.78, 5) is 26.8. The fourth-order valence-electron chi connectivity index (χ4n) is 2.37. The Morgan fingerprint density at radius 1 is 0.880 bits per heavy atom. The zero-order valence-electron chi connectivity index (χ0n) is 13.0. The maximum absolute atomic E-state index is 13.1. The third kappa shape index (κ3) is 3.53. The van der Waals surface area contributed by atoms with Crippen LogP contribution >= 0.6 is 0 Å². The van der Waals surface area contributed by atoms with Crippen molar-refractivity contribution < 1.29 is 8.42 Å². The number of aromatic nitrogens is 2. The number of sulfonamides is 1. The zero-order valence-corrected chi connectivity index (χ0v) is 13.9. The molecule has 25 heavy (non-hydrogen) atoms. The minimum absolute atomic E-state index is 0.0474. The van der Waals surface area contributed by atoms with E-state index in [1.54, 1.807) is 54.6 Å². The van der Waals surface area contributed by atoms with Gasteiger partial charge < -0.3 is 4.98 Å². The molecule has 2 N–H and O–H groups in total. The van der Waals surface area contributed by atoms with Crippen LogP contribution in [0.2, 0.25) is 0 Å². The van der Waals surface area contributed by atoms with E-state index in [1.807, 2.05) is 11.1 Å². The molecule has 7 nitrogen and oxygen atoms in total. The molecule has 0 fully saturated rings. The fourth-order valence-corrected chi connectivity index (χ4v) is 3.82. The highest BCUT2D eigenvalue weighted by Gasteiger charge is 2.28. The molecule has 128 valence electrons. The first-order chi connectivity index (χ1) is 12.0. The Morgan fingerprint density at radius 3 is 2.08 bits per heavy atom. The second kappa shape index (κ2) is 6.78. The summed E-state index contributed by atoms with van der Waals surface area (Å²) in [5, 5.41) is 0. The van der Waals surface area contributed by atoms with Crippen molar-refractivity contribution in [2.75, 3.05) is 4.31 Å². The van der Waals surface area contributed by atoms with Gasteiger partial charge in [0.25, 0.3) is 15.6 Å². The Kier molecular flexibility index (Phi) is 4.53. The summed E-state index contributed by atoms with van der Waals surface area (Å²) in [5.41, 5.74) is -0.552. The molecule has 0 spiro atoms. The molecular weight excluding hydrogens is 342 g/mol. The molecule has 0 aliphatic heterocycles. The minimum Gasteiger partial charge on any atom is -0.313 e. The average Bonchev–Trinajstić information content (AvgIpc) is 2.61. The number of nitrogens with zero attached hydrogens (tertiary/aromatic N) is 1. The van der Waals surface area contributed by atoms with Crippen LogP contribution in [0.25, 0.3) is 0 Å². The van der Waals surface area contributed by atoms with E-state index in [9.17, 15) is 18.0 Å². The van der Waals surface area contributed by atoms with Crippen LogP contribution in [0.15, 0.2) is 81.3 Å². The van der Waals surface area contributed by atoms with E-state index in [1.165, 1.54) is 0 Å². The molecule has 2 aromatic carbocycles. The Balaban J connectivity index is 2.13. The lowest BCUT2D eigenvalue weighted by atomic mass is 10.2. The van der Waals surface area contributed by atoms with Gasteiger partial charge in [0.15, 0.2) is 4.90 Å². The lowest BCUT2D eigenvalue weighted by Crippen LogP contribution is -2.36. The average molecular weight is 357 g/mol. The number of hydrogen-bond acceptors (Lipinski definition) is 4. The van der Waals surface area contributed by atoms with Crippen molar-refractivity contribution in [1.29, 1.82) is 0 Å². The largest absolute Gasteiger partial charge is 0.325 e. The molecule has 1 heterocycles. The highest BCUT2D eigenvalue weighted by atomic mass is 32.2. The number of rotatable bonds is 5. The van der Waals surface area contributed by atoms with E-state index in [-0.39, 0.29) is 6.54 Å². The van der Waals surface area contributed by atoms with Gasteiger partial charge in [0.05, 0.1) is 12.2 Å².